The number of rotatable bonds is 9. The van der Waals surface area contributed by atoms with Crippen molar-refractivity contribution in [2.75, 3.05) is 11.4 Å². The van der Waals surface area contributed by atoms with Gasteiger partial charge in [0.25, 0.3) is 0 Å². The van der Waals surface area contributed by atoms with Crippen LogP contribution in [0.2, 0.25) is 0 Å². The fourth-order valence-corrected chi connectivity index (χ4v) is 5.28. The van der Waals surface area contributed by atoms with E-state index >= 15 is 0 Å². The highest BCUT2D eigenvalue weighted by Crippen LogP contribution is 2.45. The molecule has 196 valence electrons. The molecule has 12 heteroatoms. The molecule has 0 aliphatic carbocycles. The molecule has 0 spiro atoms. The zero-order valence-corrected chi connectivity index (χ0v) is 20.0. The predicted octanol–water partition coefficient (Wildman–Crippen LogP) is 4.89. The van der Waals surface area contributed by atoms with Gasteiger partial charge in [-0.2, -0.15) is 0 Å². The molecule has 2 N–H and O–H groups in total. The Hall–Kier alpha value is -3.64. The smallest absolute Gasteiger partial charge is 0.508 e. The molecular formula is C25H22F4N2O5S. The summed E-state index contributed by atoms with van der Waals surface area (Å²) in [6.45, 7) is -0.00817. The van der Waals surface area contributed by atoms with E-state index in [4.69, 9.17) is 0 Å². The lowest BCUT2D eigenvalue weighted by molar-refractivity contribution is -0.274. The molecule has 4 rings (SSSR count). The van der Waals surface area contributed by atoms with Crippen LogP contribution in [0.25, 0.3) is 0 Å². The van der Waals surface area contributed by atoms with Gasteiger partial charge in [-0.1, -0.05) is 12.1 Å². The summed E-state index contributed by atoms with van der Waals surface area (Å²) in [5.74, 6) is -1.59. The van der Waals surface area contributed by atoms with Gasteiger partial charge >= 0.3 is 6.36 Å². The van der Waals surface area contributed by atoms with Gasteiger partial charge in [0.2, 0.25) is 15.9 Å². The lowest BCUT2D eigenvalue weighted by Gasteiger charge is -2.47. The van der Waals surface area contributed by atoms with Crippen LogP contribution < -0.4 is 14.4 Å². The number of ether oxygens (including phenoxy) is 1. The van der Waals surface area contributed by atoms with Crippen LogP contribution in [-0.4, -0.2) is 32.3 Å². The van der Waals surface area contributed by atoms with Crippen LogP contribution in [0.3, 0.4) is 0 Å². The van der Waals surface area contributed by atoms with Gasteiger partial charge in [0, 0.05) is 12.2 Å². The molecule has 0 radical (unpaired) electrons. The van der Waals surface area contributed by atoms with Crippen molar-refractivity contribution in [3.05, 3.63) is 84.2 Å². The molecule has 0 aromatic heterocycles. The summed E-state index contributed by atoms with van der Waals surface area (Å²) >= 11 is 0. The zero-order chi connectivity index (χ0) is 26.8. The summed E-state index contributed by atoms with van der Waals surface area (Å²) in [6.07, 6.45) is -4.25. The van der Waals surface area contributed by atoms with Crippen LogP contribution in [0, 0.1) is 11.7 Å². The zero-order valence-electron chi connectivity index (χ0n) is 19.2. The standard InChI is InChI=1S/C25H22F4N2O5S/c26-17-5-7-18(8-6-17)31-23(16-3-9-19(32)10-4-16)22(24(31)33)2-1-15-30-37(34,35)21-13-11-20(12-14-21)36-25(27,28)29/h3-14,22-23,30,32H,1-2,15H2/t22-,23-/m1/s1. The first-order chi connectivity index (χ1) is 17.4. The minimum absolute atomic E-state index is 0.00817. The number of halogens is 4. The van der Waals surface area contributed by atoms with Gasteiger partial charge in [0.05, 0.1) is 16.9 Å². The van der Waals surface area contributed by atoms with Gasteiger partial charge in [0.15, 0.2) is 0 Å². The summed E-state index contributed by atoms with van der Waals surface area (Å²) in [6, 6.07) is 15.3. The van der Waals surface area contributed by atoms with Gasteiger partial charge < -0.3 is 14.7 Å². The SMILES string of the molecule is O=C1[C@H](CCCNS(=O)(=O)c2ccc(OC(F)(F)F)cc2)[C@@H](c2ccc(O)cc2)N1c1ccc(F)cc1. The average Bonchev–Trinajstić information content (AvgIpc) is 2.83. The van der Waals surface area contributed by atoms with Crippen molar-refractivity contribution in [2.24, 2.45) is 5.92 Å². The number of carbonyl (C=O) groups is 1. The molecule has 1 heterocycles. The van der Waals surface area contributed by atoms with Crippen LogP contribution >= 0.6 is 0 Å². The number of phenols is 1. The molecule has 2 atom stereocenters. The molecule has 0 saturated carbocycles. The Bertz CT molecular complexity index is 1350. The summed E-state index contributed by atoms with van der Waals surface area (Å²) in [5, 5.41) is 9.62. The maximum absolute atomic E-state index is 13.4. The number of alkyl halides is 3. The second-order valence-corrected chi connectivity index (χ2v) is 10.2. The van der Waals surface area contributed by atoms with E-state index in [0.717, 1.165) is 29.8 Å². The number of amides is 1. The first-order valence-corrected chi connectivity index (χ1v) is 12.7. The van der Waals surface area contributed by atoms with Crippen molar-refractivity contribution in [2.45, 2.75) is 30.1 Å². The summed E-state index contributed by atoms with van der Waals surface area (Å²) < 4.78 is 81.4. The number of phenolic OH excluding ortho intramolecular Hbond substituents is 1. The number of sulfonamides is 1. The van der Waals surface area contributed by atoms with Crippen molar-refractivity contribution in [3.63, 3.8) is 0 Å². The Kier molecular flexibility index (Phi) is 7.42. The Morgan fingerprint density at radius 1 is 0.946 bits per heavy atom. The number of carbonyl (C=O) groups excluding carboxylic acids is 1. The van der Waals surface area contributed by atoms with E-state index in [-0.39, 0.29) is 23.1 Å². The van der Waals surface area contributed by atoms with Crippen LogP contribution in [0.15, 0.2) is 77.7 Å². The first-order valence-electron chi connectivity index (χ1n) is 11.2. The number of aromatic hydroxyl groups is 1. The topological polar surface area (TPSA) is 95.9 Å². The van der Waals surface area contributed by atoms with Crippen molar-refractivity contribution < 1.29 is 40.6 Å². The molecule has 0 unspecified atom stereocenters. The van der Waals surface area contributed by atoms with E-state index in [0.29, 0.717) is 18.5 Å². The second kappa shape index (κ2) is 10.4. The van der Waals surface area contributed by atoms with Gasteiger partial charge in [-0.25, -0.2) is 17.5 Å². The third-order valence-electron chi connectivity index (χ3n) is 5.90. The molecular weight excluding hydrogens is 516 g/mol. The largest absolute Gasteiger partial charge is 0.573 e. The highest BCUT2D eigenvalue weighted by atomic mass is 32.2. The molecule has 1 amide bonds. The van der Waals surface area contributed by atoms with Crippen LogP contribution in [0.4, 0.5) is 23.2 Å². The van der Waals surface area contributed by atoms with E-state index in [9.17, 15) is 35.9 Å². The normalized spacial score (nSPS) is 17.9. The third kappa shape index (κ3) is 6.20. The Balaban J connectivity index is 1.39. The molecule has 0 bridgehead atoms. The highest BCUT2D eigenvalue weighted by Gasteiger charge is 2.48. The number of β-lactam (4-membered cyclic amide) rings is 1. The van der Waals surface area contributed by atoms with Gasteiger partial charge in [-0.05, 0) is 79.1 Å². The second-order valence-electron chi connectivity index (χ2n) is 8.39. The van der Waals surface area contributed by atoms with Crippen LogP contribution in [-0.2, 0) is 14.8 Å². The summed E-state index contributed by atoms with van der Waals surface area (Å²) in [5.41, 5.74) is 1.27. The third-order valence-corrected chi connectivity index (χ3v) is 7.38. The predicted molar refractivity (Wildman–Crippen MR) is 126 cm³/mol. The maximum Gasteiger partial charge on any atom is 0.573 e. The number of anilines is 1. The fraction of sp³-hybridized carbons (Fsp3) is 0.240. The Labute approximate surface area is 210 Å². The van der Waals surface area contributed by atoms with Gasteiger partial charge in [-0.3, -0.25) is 4.79 Å². The minimum atomic E-state index is -4.89. The minimum Gasteiger partial charge on any atom is -0.508 e. The van der Waals surface area contributed by atoms with E-state index in [1.54, 1.807) is 12.1 Å². The summed E-state index contributed by atoms with van der Waals surface area (Å²) in [4.78, 5) is 14.3. The van der Waals surface area contributed by atoms with Crippen molar-refractivity contribution in [1.29, 1.82) is 0 Å². The average molecular weight is 539 g/mol. The lowest BCUT2D eigenvalue weighted by atomic mass is 9.79. The van der Waals surface area contributed by atoms with E-state index in [1.165, 1.54) is 41.3 Å². The van der Waals surface area contributed by atoms with E-state index in [2.05, 4.69) is 9.46 Å². The number of hydrogen-bond acceptors (Lipinski definition) is 5. The monoisotopic (exact) mass is 538 g/mol. The Morgan fingerprint density at radius 3 is 2.16 bits per heavy atom. The van der Waals surface area contributed by atoms with Crippen LogP contribution in [0.5, 0.6) is 11.5 Å². The molecule has 37 heavy (non-hydrogen) atoms. The maximum atomic E-state index is 13.4. The number of nitrogens with one attached hydrogen (secondary N) is 1. The molecule has 1 aliphatic heterocycles. The molecule has 3 aromatic rings. The molecule has 7 nitrogen and oxygen atoms in total. The van der Waals surface area contributed by atoms with Gasteiger partial charge in [-0.15, -0.1) is 13.2 Å². The first kappa shape index (κ1) is 26.4. The molecule has 1 aliphatic rings. The Morgan fingerprint density at radius 2 is 1.57 bits per heavy atom. The number of hydrogen-bond donors (Lipinski definition) is 2. The highest BCUT2D eigenvalue weighted by molar-refractivity contribution is 7.89. The van der Waals surface area contributed by atoms with Gasteiger partial charge in [0.1, 0.15) is 17.3 Å². The molecule has 1 saturated heterocycles. The number of benzene rings is 3. The van der Waals surface area contributed by atoms with Crippen molar-refractivity contribution >= 4 is 21.6 Å². The lowest BCUT2D eigenvalue weighted by Crippen LogP contribution is -2.55. The fourth-order valence-electron chi connectivity index (χ4n) is 4.20. The van der Waals surface area contributed by atoms with Crippen LogP contribution in [0.1, 0.15) is 24.4 Å². The van der Waals surface area contributed by atoms with Crippen molar-refractivity contribution in [3.8, 4) is 11.5 Å². The summed E-state index contributed by atoms with van der Waals surface area (Å²) in [7, 11) is -3.99. The molecule has 1 fully saturated rings. The van der Waals surface area contributed by atoms with E-state index in [1.807, 2.05) is 0 Å². The van der Waals surface area contributed by atoms with Crippen molar-refractivity contribution in [1.82, 2.24) is 4.72 Å². The number of nitrogens with zero attached hydrogens (tertiary/aromatic N) is 1. The quantitative estimate of drug-likeness (QED) is 0.230. The molecule has 3 aromatic carbocycles. The van der Waals surface area contributed by atoms with E-state index < -0.39 is 39.9 Å².